The number of aryl methyl sites for hydroxylation is 4. The van der Waals surface area contributed by atoms with E-state index in [2.05, 4.69) is 20.3 Å². The molecule has 7 rings (SSSR count). The third-order valence-electron chi connectivity index (χ3n) is 12.6. The van der Waals surface area contributed by atoms with Gasteiger partial charge in [0.1, 0.15) is 28.4 Å². The molecule has 2 atom stereocenters. The molecule has 25 nitrogen and oxygen atoms in total. The fourth-order valence-corrected chi connectivity index (χ4v) is 9.51. The zero-order chi connectivity index (χ0) is 56.5. The number of allylic oxidation sites excluding steroid dienone is 2. The number of carbonyl (C=O) groups excluding carboxylic acids is 8. The largest absolute Gasteiger partial charge is 0.494 e. The number of imidazole rings is 2. The van der Waals surface area contributed by atoms with Gasteiger partial charge in [0.05, 0.1) is 66.9 Å². The third-order valence-corrected chi connectivity index (χ3v) is 13.6. The SMILES string of the molecule is CCc1nc(C)oc1C(=O)Cc1nc2cc(C(N)=O)cc(OCCCOC(=O)[C@@H](CCC(=O)O)CC(=O)CN3C(=O)CC(SC)C3=O)c2n1C/C=C/Cn1c(NC(=O)c2oc(C)nc2CC)nc2cc(C(N)=O)cc(OC)c21. The van der Waals surface area contributed by atoms with Crippen molar-refractivity contribution < 1.29 is 71.3 Å². The number of esters is 1. The minimum absolute atomic E-state index is 0.00327. The second kappa shape index (κ2) is 25.0. The van der Waals surface area contributed by atoms with E-state index in [0.717, 1.165) is 4.90 Å². The number of anilines is 1. The van der Waals surface area contributed by atoms with E-state index in [0.29, 0.717) is 47.0 Å². The Hall–Kier alpha value is -8.68. The number of carbonyl (C=O) groups is 9. The molecule has 4 aromatic heterocycles. The van der Waals surface area contributed by atoms with Crippen molar-refractivity contribution in [2.24, 2.45) is 17.4 Å². The van der Waals surface area contributed by atoms with Gasteiger partial charge in [0.2, 0.25) is 41.1 Å². The van der Waals surface area contributed by atoms with Gasteiger partial charge in [-0.25, -0.2) is 19.9 Å². The van der Waals surface area contributed by atoms with Gasteiger partial charge in [-0.3, -0.25) is 53.4 Å². The number of benzene rings is 2. The minimum atomic E-state index is -1.21. The molecule has 5 amide bonds. The van der Waals surface area contributed by atoms with Gasteiger partial charge >= 0.3 is 11.9 Å². The number of primary amides is 2. The van der Waals surface area contributed by atoms with Gasteiger partial charge in [-0.05, 0) is 49.8 Å². The van der Waals surface area contributed by atoms with Crippen molar-refractivity contribution in [1.82, 2.24) is 34.0 Å². The first-order valence-corrected chi connectivity index (χ1v) is 26.1. The average Bonchev–Trinajstić information content (AvgIpc) is 4.35. The molecule has 0 saturated carbocycles. The number of aromatic nitrogens is 6. The number of ketones is 2. The normalized spacial score (nSPS) is 13.9. The van der Waals surface area contributed by atoms with Crippen LogP contribution in [-0.2, 0) is 61.1 Å². The molecule has 78 heavy (non-hydrogen) atoms. The number of nitrogens with two attached hydrogens (primary N) is 2. The lowest BCUT2D eigenvalue weighted by Gasteiger charge is -2.18. The number of oxazole rings is 2. The molecule has 6 aromatic rings. The molecule has 0 radical (unpaired) electrons. The Morgan fingerprint density at radius 2 is 1.45 bits per heavy atom. The molecular formula is C52H58N10O15S. The number of thioether (sulfide) groups is 1. The summed E-state index contributed by atoms with van der Waals surface area (Å²) >= 11 is 1.18. The number of carboxylic acids is 1. The maximum atomic E-state index is 14.0. The molecule has 1 aliphatic heterocycles. The summed E-state index contributed by atoms with van der Waals surface area (Å²) in [6, 6.07) is 5.77. The highest BCUT2D eigenvalue weighted by Gasteiger charge is 2.39. The third kappa shape index (κ3) is 12.9. The minimum Gasteiger partial charge on any atom is -0.494 e. The number of aliphatic carboxylic acids is 1. The lowest BCUT2D eigenvalue weighted by Crippen LogP contribution is -2.37. The number of ether oxygens (including phenoxy) is 3. The summed E-state index contributed by atoms with van der Waals surface area (Å²) < 4.78 is 32.1. The van der Waals surface area contributed by atoms with E-state index < -0.39 is 83.6 Å². The number of likely N-dealkylation sites (tertiary alicyclic amines) is 1. The lowest BCUT2D eigenvalue weighted by atomic mass is 9.96. The van der Waals surface area contributed by atoms with E-state index in [1.165, 1.54) is 43.1 Å². The summed E-state index contributed by atoms with van der Waals surface area (Å²) in [6.45, 7) is 6.05. The van der Waals surface area contributed by atoms with Crippen molar-refractivity contribution in [3.05, 3.63) is 88.1 Å². The van der Waals surface area contributed by atoms with Gasteiger partial charge in [-0.1, -0.05) is 26.0 Å². The Balaban J connectivity index is 1.16. The van der Waals surface area contributed by atoms with Crippen LogP contribution >= 0.6 is 11.8 Å². The Bertz CT molecular complexity index is 3390. The second-order valence-electron chi connectivity index (χ2n) is 18.0. The predicted octanol–water partition coefficient (Wildman–Crippen LogP) is 4.49. The molecule has 1 unspecified atom stereocenters. The predicted molar refractivity (Wildman–Crippen MR) is 279 cm³/mol. The van der Waals surface area contributed by atoms with Crippen molar-refractivity contribution >= 4 is 92.8 Å². The first-order chi connectivity index (χ1) is 37.2. The van der Waals surface area contributed by atoms with Crippen LogP contribution in [0.3, 0.4) is 0 Å². The topological polar surface area (TPSA) is 357 Å². The molecular weight excluding hydrogens is 1040 g/mol. The standard InChI is InChI=1S/C52H58N10O15S/c1-7-32-45(76-26(3)55-32)36(64)23-40-57-34-19-30(48(54)69)22-38(74-16-11-17-75-51(72)28(12-13-42(66)67)18-31(63)25-62-41(65)24-39(78-6)50(62)71)44(34)60(40)14-9-10-15-61-43-35(20-29(47(53)68)21-37(43)73-5)58-52(61)59-49(70)46-33(8-2)56-27(4)77-46/h9-10,19-22,28,39H,7-8,11-18,23-25H2,1-6H3,(H2,53,68)(H2,54,69)(H,66,67)(H,58,59,70)/b10-9+/t28-,39?/m0/s1. The number of hydrogen-bond donors (Lipinski definition) is 4. The zero-order valence-corrected chi connectivity index (χ0v) is 44.5. The Morgan fingerprint density at radius 3 is 2.05 bits per heavy atom. The summed E-state index contributed by atoms with van der Waals surface area (Å²) in [5.41, 5.74) is 13.7. The van der Waals surface area contributed by atoms with Crippen molar-refractivity contribution in [2.45, 2.75) is 97.4 Å². The van der Waals surface area contributed by atoms with Gasteiger partial charge in [-0.2, -0.15) is 11.8 Å². The number of imide groups is 1. The molecule has 1 fully saturated rings. The van der Waals surface area contributed by atoms with E-state index >= 15 is 0 Å². The highest BCUT2D eigenvalue weighted by atomic mass is 32.2. The van der Waals surface area contributed by atoms with E-state index in [4.69, 9.17) is 39.5 Å². The summed E-state index contributed by atoms with van der Waals surface area (Å²) in [6.07, 6.45) is 4.55. The number of fused-ring (bicyclic) bond motifs is 2. The first kappa shape index (κ1) is 57.0. The number of Topliss-reactive ketones (excluding diaryl/α,β-unsaturated/α-hetero) is 2. The van der Waals surface area contributed by atoms with Crippen LogP contribution in [0.15, 0.2) is 45.3 Å². The highest BCUT2D eigenvalue weighted by molar-refractivity contribution is 8.00. The zero-order valence-electron chi connectivity index (χ0n) is 43.7. The number of hydrogen-bond acceptors (Lipinski definition) is 19. The number of rotatable bonds is 28. The molecule has 412 valence electrons. The van der Waals surface area contributed by atoms with Crippen LogP contribution in [0.25, 0.3) is 22.1 Å². The quantitative estimate of drug-likeness (QED) is 0.0173. The molecule has 26 heteroatoms. The molecule has 1 saturated heterocycles. The molecule has 5 heterocycles. The Labute approximate surface area is 449 Å². The van der Waals surface area contributed by atoms with Gasteiger partial charge in [0, 0.05) is 63.7 Å². The van der Waals surface area contributed by atoms with E-state index in [-0.39, 0.29) is 109 Å². The van der Waals surface area contributed by atoms with Crippen LogP contribution in [0.2, 0.25) is 0 Å². The Kier molecular flexibility index (Phi) is 18.3. The lowest BCUT2D eigenvalue weighted by molar-refractivity contribution is -0.151. The van der Waals surface area contributed by atoms with Gasteiger partial charge in [0.25, 0.3) is 5.91 Å². The first-order valence-electron chi connectivity index (χ1n) is 24.8. The highest BCUT2D eigenvalue weighted by Crippen LogP contribution is 2.33. The van der Waals surface area contributed by atoms with Crippen LogP contribution in [0.1, 0.15) is 117 Å². The monoisotopic (exact) mass is 1090 g/mol. The summed E-state index contributed by atoms with van der Waals surface area (Å²) in [4.78, 5) is 135. The van der Waals surface area contributed by atoms with Crippen molar-refractivity contribution in [2.75, 3.05) is 38.4 Å². The Morgan fingerprint density at radius 1 is 0.846 bits per heavy atom. The number of amides is 5. The van der Waals surface area contributed by atoms with Gasteiger partial charge in [0.15, 0.2) is 23.3 Å². The van der Waals surface area contributed by atoms with Crippen LogP contribution < -0.4 is 26.3 Å². The summed E-state index contributed by atoms with van der Waals surface area (Å²) in [5, 5.41) is 11.6. The molecule has 6 N–H and O–H groups in total. The number of carboxylic acid groups (broad SMARTS) is 1. The summed E-state index contributed by atoms with van der Waals surface area (Å²) in [5.74, 6) is -6.20. The van der Waals surface area contributed by atoms with Crippen LogP contribution in [-0.4, -0.2) is 130 Å². The maximum Gasteiger partial charge on any atom is 0.309 e. The molecule has 1 aliphatic rings. The second-order valence-corrected chi connectivity index (χ2v) is 19.1. The molecule has 2 aromatic carbocycles. The van der Waals surface area contributed by atoms with Gasteiger partial charge < -0.3 is 48.8 Å². The van der Waals surface area contributed by atoms with Crippen LogP contribution in [0.5, 0.6) is 11.5 Å². The van der Waals surface area contributed by atoms with Crippen LogP contribution in [0, 0.1) is 19.8 Å². The number of nitrogens with zero attached hydrogens (tertiary/aromatic N) is 7. The summed E-state index contributed by atoms with van der Waals surface area (Å²) in [7, 11) is 1.40. The fraction of sp³-hybridized carbons (Fsp3) is 0.404. The maximum absolute atomic E-state index is 14.0. The van der Waals surface area contributed by atoms with E-state index in [1.54, 1.807) is 41.4 Å². The van der Waals surface area contributed by atoms with E-state index in [9.17, 15) is 48.3 Å². The molecule has 0 spiro atoms. The number of nitrogens with one attached hydrogen (secondary N) is 1. The van der Waals surface area contributed by atoms with Crippen molar-refractivity contribution in [1.29, 1.82) is 0 Å². The number of methoxy groups -OCH3 is 1. The smallest absolute Gasteiger partial charge is 0.309 e. The van der Waals surface area contributed by atoms with Crippen molar-refractivity contribution in [3.8, 4) is 11.5 Å². The molecule has 0 aliphatic carbocycles. The van der Waals surface area contributed by atoms with Crippen molar-refractivity contribution in [3.63, 3.8) is 0 Å². The fourth-order valence-electron chi connectivity index (χ4n) is 8.87. The molecule has 0 bridgehead atoms. The average molecular weight is 1100 g/mol. The van der Waals surface area contributed by atoms with Crippen LogP contribution in [0.4, 0.5) is 5.95 Å². The van der Waals surface area contributed by atoms with E-state index in [1.807, 2.05) is 13.8 Å². The van der Waals surface area contributed by atoms with Gasteiger partial charge in [-0.15, -0.1) is 0 Å².